The third kappa shape index (κ3) is 5.19. The molecular weight excluding hydrogens is 525 g/mol. The standard InChI is InChI=1S/C25H25F3N4O5S/c1-25(2)13-16-4-3-5-19(20(16)37-25)32(24(33)31-8-10-38(34,35)11-9-31)14-17-7-6-15(12-18(17)26)22-29-30-23(36-22)21(27)28/h3-7,12,21H,8-11,13-14H2,1-2H3. The van der Waals surface area contributed by atoms with Crippen molar-refractivity contribution in [2.75, 3.05) is 29.5 Å². The minimum absolute atomic E-state index is 0.0180. The van der Waals surface area contributed by atoms with Crippen molar-refractivity contribution in [3.8, 4) is 17.2 Å². The van der Waals surface area contributed by atoms with Crippen LogP contribution in [0.1, 0.15) is 37.3 Å². The number of fused-ring (bicyclic) bond motifs is 1. The Morgan fingerprint density at radius 2 is 1.89 bits per heavy atom. The first-order chi connectivity index (χ1) is 17.9. The van der Waals surface area contributed by atoms with Gasteiger partial charge in [-0.1, -0.05) is 18.2 Å². The zero-order valence-electron chi connectivity index (χ0n) is 20.7. The van der Waals surface area contributed by atoms with Crippen LogP contribution in [0.15, 0.2) is 40.8 Å². The van der Waals surface area contributed by atoms with Crippen LogP contribution in [0.2, 0.25) is 0 Å². The molecule has 5 rings (SSSR count). The normalized spacial score (nSPS) is 17.8. The SMILES string of the molecule is CC1(C)Cc2cccc(N(Cc3ccc(-c4nnc(C(F)F)o4)cc3F)C(=O)N3CCS(=O)(=O)CC3)c2O1. The molecular formula is C25H25F3N4O5S. The molecule has 0 bridgehead atoms. The molecule has 3 aromatic rings. The third-order valence-corrected chi connectivity index (χ3v) is 8.07. The van der Waals surface area contributed by atoms with Crippen LogP contribution in [0.4, 0.5) is 23.7 Å². The van der Waals surface area contributed by atoms with E-state index in [2.05, 4.69) is 10.2 Å². The minimum Gasteiger partial charge on any atom is -0.485 e. The van der Waals surface area contributed by atoms with Gasteiger partial charge >= 0.3 is 12.5 Å². The smallest absolute Gasteiger partial charge is 0.324 e. The van der Waals surface area contributed by atoms with Crippen LogP contribution in [-0.2, 0) is 22.8 Å². The van der Waals surface area contributed by atoms with Crippen LogP contribution in [0.5, 0.6) is 5.75 Å². The Bertz CT molecular complexity index is 1480. The molecule has 2 aliphatic rings. The highest BCUT2D eigenvalue weighted by molar-refractivity contribution is 7.91. The number of nitrogens with zero attached hydrogens (tertiary/aromatic N) is 4. The molecule has 1 saturated heterocycles. The number of aromatic nitrogens is 2. The van der Waals surface area contributed by atoms with Gasteiger partial charge in [-0.05, 0) is 32.0 Å². The molecule has 0 spiro atoms. The molecule has 3 heterocycles. The van der Waals surface area contributed by atoms with E-state index in [1.807, 2.05) is 19.9 Å². The Morgan fingerprint density at radius 3 is 2.55 bits per heavy atom. The molecule has 0 atom stereocenters. The Labute approximate surface area is 217 Å². The van der Waals surface area contributed by atoms with Crippen LogP contribution in [0, 0.1) is 5.82 Å². The van der Waals surface area contributed by atoms with Crippen LogP contribution < -0.4 is 9.64 Å². The van der Waals surface area contributed by atoms with E-state index < -0.39 is 39.6 Å². The first kappa shape index (κ1) is 26.0. The van der Waals surface area contributed by atoms with Crippen molar-refractivity contribution < 1.29 is 35.5 Å². The summed E-state index contributed by atoms with van der Waals surface area (Å²) in [5.74, 6) is -1.64. The van der Waals surface area contributed by atoms with Crippen molar-refractivity contribution in [3.63, 3.8) is 0 Å². The highest BCUT2D eigenvalue weighted by Crippen LogP contribution is 2.43. The first-order valence-electron chi connectivity index (χ1n) is 11.9. The number of hydrogen-bond donors (Lipinski definition) is 0. The summed E-state index contributed by atoms with van der Waals surface area (Å²) >= 11 is 0. The number of hydrogen-bond acceptors (Lipinski definition) is 7. The number of urea groups is 1. The van der Waals surface area contributed by atoms with Gasteiger partial charge in [-0.15, -0.1) is 10.2 Å². The molecule has 0 saturated carbocycles. The number of halogens is 3. The average molecular weight is 551 g/mol. The van der Waals surface area contributed by atoms with E-state index in [-0.39, 0.29) is 48.2 Å². The molecule has 0 aliphatic carbocycles. The summed E-state index contributed by atoms with van der Waals surface area (Å²) in [6.07, 6.45) is -2.34. The van der Waals surface area contributed by atoms with Crippen molar-refractivity contribution in [2.24, 2.45) is 0 Å². The van der Waals surface area contributed by atoms with Gasteiger partial charge in [0.05, 0.1) is 23.7 Å². The number of anilines is 1. The van der Waals surface area contributed by atoms with Crippen molar-refractivity contribution in [1.29, 1.82) is 0 Å². The molecule has 38 heavy (non-hydrogen) atoms. The molecule has 9 nitrogen and oxygen atoms in total. The van der Waals surface area contributed by atoms with Gasteiger partial charge in [0.25, 0.3) is 5.89 Å². The monoisotopic (exact) mass is 550 g/mol. The Morgan fingerprint density at radius 1 is 1.16 bits per heavy atom. The van der Waals surface area contributed by atoms with E-state index in [9.17, 15) is 22.0 Å². The lowest BCUT2D eigenvalue weighted by Crippen LogP contribution is -2.50. The molecule has 0 radical (unpaired) electrons. The molecule has 0 unspecified atom stereocenters. The Hall–Kier alpha value is -3.61. The van der Waals surface area contributed by atoms with E-state index in [0.29, 0.717) is 17.9 Å². The number of rotatable bonds is 5. The van der Waals surface area contributed by atoms with E-state index in [1.165, 1.54) is 21.9 Å². The van der Waals surface area contributed by atoms with Crippen LogP contribution in [0.25, 0.3) is 11.5 Å². The van der Waals surface area contributed by atoms with Crippen molar-refractivity contribution in [2.45, 2.75) is 38.8 Å². The van der Waals surface area contributed by atoms with Gasteiger partial charge < -0.3 is 14.1 Å². The highest BCUT2D eigenvalue weighted by Gasteiger charge is 2.36. The third-order valence-electron chi connectivity index (χ3n) is 6.46. The lowest BCUT2D eigenvalue weighted by molar-refractivity contribution is 0.116. The maximum atomic E-state index is 15.3. The second kappa shape index (κ2) is 9.61. The summed E-state index contributed by atoms with van der Waals surface area (Å²) in [5.41, 5.74) is 1.08. The maximum Gasteiger partial charge on any atom is 0.324 e. The van der Waals surface area contributed by atoms with Crippen molar-refractivity contribution >= 4 is 21.6 Å². The summed E-state index contributed by atoms with van der Waals surface area (Å²) in [6, 6.07) is 8.83. The molecule has 1 aromatic heterocycles. The van der Waals surface area contributed by atoms with Crippen molar-refractivity contribution in [3.05, 3.63) is 59.2 Å². The molecule has 202 valence electrons. The molecule has 2 aromatic carbocycles. The van der Waals surface area contributed by atoms with E-state index in [0.717, 1.165) is 11.6 Å². The number of sulfone groups is 1. The summed E-state index contributed by atoms with van der Waals surface area (Å²) in [5, 5.41) is 6.80. The number of amides is 2. The highest BCUT2D eigenvalue weighted by atomic mass is 32.2. The van der Waals surface area contributed by atoms with Crippen LogP contribution in [-0.4, -0.2) is 59.7 Å². The summed E-state index contributed by atoms with van der Waals surface area (Å²) < 4.78 is 75.8. The largest absolute Gasteiger partial charge is 0.485 e. The fraction of sp³-hybridized carbons (Fsp3) is 0.400. The van der Waals surface area contributed by atoms with Gasteiger partial charge in [-0.2, -0.15) is 8.78 Å². The Kier molecular flexibility index (Phi) is 6.58. The van der Waals surface area contributed by atoms with E-state index in [4.69, 9.17) is 9.15 Å². The van der Waals surface area contributed by atoms with Gasteiger partial charge in [0, 0.05) is 36.2 Å². The molecule has 0 N–H and O–H groups in total. The predicted molar refractivity (Wildman–Crippen MR) is 131 cm³/mol. The number of para-hydroxylation sites is 1. The number of benzene rings is 2. The van der Waals surface area contributed by atoms with Crippen LogP contribution in [0.3, 0.4) is 0 Å². The van der Waals surface area contributed by atoms with Crippen molar-refractivity contribution in [1.82, 2.24) is 15.1 Å². The topological polar surface area (TPSA) is 106 Å². The molecule has 13 heteroatoms. The van der Waals surface area contributed by atoms with Gasteiger partial charge in [0.1, 0.15) is 17.2 Å². The fourth-order valence-electron chi connectivity index (χ4n) is 4.56. The Balaban J connectivity index is 1.48. The average Bonchev–Trinajstić information content (AvgIpc) is 3.46. The lowest BCUT2D eigenvalue weighted by Gasteiger charge is -2.34. The maximum absolute atomic E-state index is 15.3. The number of carbonyl (C=O) groups excluding carboxylic acids is 1. The number of alkyl halides is 2. The summed E-state index contributed by atoms with van der Waals surface area (Å²) in [4.78, 5) is 16.5. The van der Waals surface area contributed by atoms with E-state index >= 15 is 4.39 Å². The number of carbonyl (C=O) groups is 1. The predicted octanol–water partition coefficient (Wildman–Crippen LogP) is 4.38. The zero-order chi connectivity index (χ0) is 27.2. The minimum atomic E-state index is -3.23. The fourth-order valence-corrected chi connectivity index (χ4v) is 5.76. The van der Waals surface area contributed by atoms with E-state index in [1.54, 1.807) is 12.1 Å². The van der Waals surface area contributed by atoms with Gasteiger partial charge in [-0.3, -0.25) is 4.90 Å². The second-order valence-corrected chi connectivity index (χ2v) is 12.2. The quantitative estimate of drug-likeness (QED) is 0.464. The molecule has 1 fully saturated rings. The van der Waals surface area contributed by atoms with Gasteiger partial charge in [-0.25, -0.2) is 17.6 Å². The lowest BCUT2D eigenvalue weighted by atomic mass is 10.0. The summed E-state index contributed by atoms with van der Waals surface area (Å²) in [6.45, 7) is 3.69. The second-order valence-electron chi connectivity index (χ2n) is 9.86. The summed E-state index contributed by atoms with van der Waals surface area (Å²) in [7, 11) is -3.23. The van der Waals surface area contributed by atoms with Gasteiger partial charge in [0.15, 0.2) is 9.84 Å². The molecule has 2 aliphatic heterocycles. The van der Waals surface area contributed by atoms with Gasteiger partial charge in [0.2, 0.25) is 5.89 Å². The molecule has 2 amide bonds. The first-order valence-corrected chi connectivity index (χ1v) is 13.7. The number of ether oxygens (including phenoxy) is 1. The van der Waals surface area contributed by atoms with Crippen LogP contribution >= 0.6 is 0 Å². The zero-order valence-corrected chi connectivity index (χ0v) is 21.5.